The van der Waals surface area contributed by atoms with Crippen LogP contribution >= 0.6 is 0 Å². The van der Waals surface area contributed by atoms with Gasteiger partial charge in [-0.1, -0.05) is 249 Å². The van der Waals surface area contributed by atoms with Crippen LogP contribution in [0, 0.1) is 0 Å². The van der Waals surface area contributed by atoms with Crippen LogP contribution in [0.1, 0.15) is 22.3 Å². The molecule has 12 aromatic rings. The Bertz CT molecular complexity index is 3920. The van der Waals surface area contributed by atoms with Crippen molar-refractivity contribution in [3.05, 3.63) is 295 Å². The summed E-state index contributed by atoms with van der Waals surface area (Å²) < 4.78 is 0. The number of benzene rings is 12. The van der Waals surface area contributed by atoms with Crippen molar-refractivity contribution in [2.45, 2.75) is 5.41 Å². The molecular weight excluding hydrogens is 843 g/mol. The second kappa shape index (κ2) is 16.0. The van der Waals surface area contributed by atoms with E-state index < -0.39 is 5.41 Å². The molecule has 1 nitrogen and oxygen atoms in total. The van der Waals surface area contributed by atoms with Gasteiger partial charge >= 0.3 is 0 Å². The first-order chi connectivity index (χ1) is 34.8. The fourth-order valence-corrected chi connectivity index (χ4v) is 12.1. The van der Waals surface area contributed by atoms with Crippen LogP contribution in [-0.4, -0.2) is 0 Å². The number of fused-ring (bicyclic) bond motifs is 13. The quantitative estimate of drug-likeness (QED) is 0.144. The summed E-state index contributed by atoms with van der Waals surface area (Å²) in [6.45, 7) is 0. The maximum Gasteiger partial charge on any atom is 0.0726 e. The van der Waals surface area contributed by atoms with E-state index in [4.69, 9.17) is 0 Å². The van der Waals surface area contributed by atoms with Crippen molar-refractivity contribution in [3.8, 4) is 66.8 Å². The highest BCUT2D eigenvalue weighted by Gasteiger charge is 2.51. The third kappa shape index (κ3) is 5.98. The van der Waals surface area contributed by atoms with E-state index in [1.54, 1.807) is 0 Å². The molecule has 0 saturated carbocycles. The molecule has 0 aliphatic heterocycles. The van der Waals surface area contributed by atoms with Crippen molar-refractivity contribution in [1.29, 1.82) is 0 Å². The standard InChI is InChI=1S/C69H45N/c1-4-20-46(21-5-1)47-36-38-49(39-37-47)53-42-40-51(44-62(53)48-22-6-2-7-23-48)70(68-61-32-13-11-27-55(61)54-26-10-12-31-60(54)67(68)50-24-8-3-9-25-50)52-41-43-59-58-30-16-19-35-65(58)69(66(59)45-52)63-33-17-14-28-56(63)57-29-15-18-34-64(57)69/h1-45H. The maximum absolute atomic E-state index is 2.58. The molecule has 2 aliphatic carbocycles. The zero-order valence-electron chi connectivity index (χ0n) is 38.4. The van der Waals surface area contributed by atoms with Crippen LogP contribution in [0.25, 0.3) is 88.3 Å². The molecule has 0 unspecified atom stereocenters. The molecule has 12 aromatic carbocycles. The Hall–Kier alpha value is -9.04. The van der Waals surface area contributed by atoms with Gasteiger partial charge in [0.15, 0.2) is 0 Å². The molecule has 0 amide bonds. The molecule has 1 spiro atoms. The van der Waals surface area contributed by atoms with Gasteiger partial charge in [-0.05, 0) is 124 Å². The molecule has 2 aliphatic rings. The Morgan fingerprint density at radius 1 is 0.229 bits per heavy atom. The summed E-state index contributed by atoms with van der Waals surface area (Å²) in [6.07, 6.45) is 0. The molecule has 14 rings (SSSR count). The smallest absolute Gasteiger partial charge is 0.0726 e. The van der Waals surface area contributed by atoms with Gasteiger partial charge in [-0.15, -0.1) is 0 Å². The van der Waals surface area contributed by atoms with Crippen molar-refractivity contribution in [3.63, 3.8) is 0 Å². The van der Waals surface area contributed by atoms with Crippen LogP contribution in [0.3, 0.4) is 0 Å². The zero-order valence-corrected chi connectivity index (χ0v) is 38.4. The van der Waals surface area contributed by atoms with Gasteiger partial charge in [0.2, 0.25) is 0 Å². The van der Waals surface area contributed by atoms with E-state index in [1.165, 1.54) is 111 Å². The van der Waals surface area contributed by atoms with Crippen molar-refractivity contribution >= 4 is 38.6 Å². The average Bonchev–Trinajstić information content (AvgIpc) is 3.92. The van der Waals surface area contributed by atoms with E-state index in [0.29, 0.717) is 0 Å². The van der Waals surface area contributed by atoms with Gasteiger partial charge in [-0.25, -0.2) is 0 Å². The summed E-state index contributed by atoms with van der Waals surface area (Å²) in [5, 5.41) is 4.87. The van der Waals surface area contributed by atoms with Crippen molar-refractivity contribution in [2.75, 3.05) is 4.90 Å². The lowest BCUT2D eigenvalue weighted by atomic mass is 9.70. The predicted octanol–water partition coefficient (Wildman–Crippen LogP) is 18.5. The highest BCUT2D eigenvalue weighted by Crippen LogP contribution is 2.63. The number of anilines is 3. The Kier molecular flexibility index (Phi) is 9.19. The molecule has 0 bridgehead atoms. The Morgan fingerprint density at radius 2 is 0.614 bits per heavy atom. The van der Waals surface area contributed by atoms with Gasteiger partial charge in [-0.2, -0.15) is 0 Å². The predicted molar refractivity (Wildman–Crippen MR) is 294 cm³/mol. The first kappa shape index (κ1) is 40.1. The summed E-state index contributed by atoms with van der Waals surface area (Å²) in [4.78, 5) is 2.58. The lowest BCUT2D eigenvalue weighted by molar-refractivity contribution is 0.793. The summed E-state index contributed by atoms with van der Waals surface area (Å²) >= 11 is 0. The lowest BCUT2D eigenvalue weighted by Gasteiger charge is -2.34. The van der Waals surface area contributed by atoms with Crippen LogP contribution in [0.15, 0.2) is 273 Å². The first-order valence-electron chi connectivity index (χ1n) is 24.3. The van der Waals surface area contributed by atoms with E-state index >= 15 is 0 Å². The van der Waals surface area contributed by atoms with Crippen LogP contribution in [-0.2, 0) is 5.41 Å². The SMILES string of the molecule is c1ccc(-c2ccc(-c3ccc(N(c4ccc5c(c4)C4(c6ccccc6-c6ccccc64)c4ccccc4-5)c4c(-c5ccccc5)c5ccccc5c5ccccc45)cc3-c3ccccc3)cc2)cc1. The minimum Gasteiger partial charge on any atom is -0.309 e. The highest BCUT2D eigenvalue weighted by molar-refractivity contribution is 6.22. The molecule has 0 saturated heterocycles. The molecule has 70 heavy (non-hydrogen) atoms. The molecule has 1 heteroatoms. The van der Waals surface area contributed by atoms with E-state index in [0.717, 1.165) is 17.1 Å². The summed E-state index contributed by atoms with van der Waals surface area (Å²) in [6, 6.07) is 101. The normalized spacial score (nSPS) is 12.7. The monoisotopic (exact) mass is 887 g/mol. The summed E-state index contributed by atoms with van der Waals surface area (Å²) in [5.74, 6) is 0. The molecule has 0 aromatic heterocycles. The Morgan fingerprint density at radius 3 is 1.20 bits per heavy atom. The number of hydrogen-bond acceptors (Lipinski definition) is 1. The maximum atomic E-state index is 2.58. The zero-order chi connectivity index (χ0) is 46.2. The van der Waals surface area contributed by atoms with Gasteiger partial charge in [0.05, 0.1) is 11.1 Å². The van der Waals surface area contributed by atoms with Crippen molar-refractivity contribution in [1.82, 2.24) is 0 Å². The second-order valence-corrected chi connectivity index (χ2v) is 18.7. The van der Waals surface area contributed by atoms with E-state index in [9.17, 15) is 0 Å². The molecule has 0 atom stereocenters. The Labute approximate surface area is 408 Å². The topological polar surface area (TPSA) is 3.24 Å². The van der Waals surface area contributed by atoms with Crippen LogP contribution in [0.2, 0.25) is 0 Å². The molecule has 0 heterocycles. The number of rotatable bonds is 7. The highest BCUT2D eigenvalue weighted by atomic mass is 15.1. The largest absolute Gasteiger partial charge is 0.309 e. The van der Waals surface area contributed by atoms with E-state index in [-0.39, 0.29) is 0 Å². The van der Waals surface area contributed by atoms with Crippen LogP contribution in [0.4, 0.5) is 17.1 Å². The van der Waals surface area contributed by atoms with Gasteiger partial charge in [0, 0.05) is 22.3 Å². The molecular formula is C69H45N. The minimum absolute atomic E-state index is 0.501. The first-order valence-corrected chi connectivity index (χ1v) is 24.3. The molecule has 326 valence electrons. The average molecular weight is 888 g/mol. The molecule has 0 fully saturated rings. The van der Waals surface area contributed by atoms with Gasteiger partial charge in [-0.3, -0.25) is 0 Å². The fraction of sp³-hybridized carbons (Fsp3) is 0.0145. The fourth-order valence-electron chi connectivity index (χ4n) is 12.1. The van der Waals surface area contributed by atoms with E-state index in [2.05, 4.69) is 278 Å². The molecule has 0 radical (unpaired) electrons. The number of nitrogens with zero attached hydrogens (tertiary/aromatic N) is 1. The third-order valence-corrected chi connectivity index (χ3v) is 15.1. The van der Waals surface area contributed by atoms with Crippen molar-refractivity contribution in [2.24, 2.45) is 0 Å². The molecule has 0 N–H and O–H groups in total. The summed E-state index contributed by atoms with van der Waals surface area (Å²) in [7, 11) is 0. The third-order valence-electron chi connectivity index (χ3n) is 15.1. The van der Waals surface area contributed by atoms with Gasteiger partial charge in [0.25, 0.3) is 0 Å². The second-order valence-electron chi connectivity index (χ2n) is 18.7. The Balaban J connectivity index is 1.08. The lowest BCUT2D eigenvalue weighted by Crippen LogP contribution is -2.26. The van der Waals surface area contributed by atoms with Crippen LogP contribution < -0.4 is 4.90 Å². The van der Waals surface area contributed by atoms with Gasteiger partial charge in [0.1, 0.15) is 0 Å². The van der Waals surface area contributed by atoms with Crippen molar-refractivity contribution < 1.29 is 0 Å². The number of hydrogen-bond donors (Lipinski definition) is 0. The van der Waals surface area contributed by atoms with Crippen LogP contribution in [0.5, 0.6) is 0 Å². The van der Waals surface area contributed by atoms with E-state index in [1.807, 2.05) is 0 Å². The van der Waals surface area contributed by atoms with Gasteiger partial charge < -0.3 is 4.90 Å². The minimum atomic E-state index is -0.501. The summed E-state index contributed by atoms with van der Waals surface area (Å²) in [5.41, 5.74) is 22.8.